The van der Waals surface area contributed by atoms with Gasteiger partial charge in [0.15, 0.2) is 0 Å². The van der Waals surface area contributed by atoms with E-state index in [1.165, 1.54) is 4.31 Å². The van der Waals surface area contributed by atoms with Gasteiger partial charge >= 0.3 is 0 Å². The van der Waals surface area contributed by atoms with Crippen molar-refractivity contribution in [3.05, 3.63) is 64.2 Å². The number of halogens is 1. The van der Waals surface area contributed by atoms with Crippen LogP contribution in [-0.4, -0.2) is 50.5 Å². The number of benzene rings is 2. The van der Waals surface area contributed by atoms with Gasteiger partial charge in [-0.1, -0.05) is 47.5 Å². The third kappa shape index (κ3) is 7.46. The number of sulfonamides is 1. The molecule has 2 amide bonds. The third-order valence-corrected chi connectivity index (χ3v) is 7.24. The smallest absolute Gasteiger partial charge is 0.242 e. The summed E-state index contributed by atoms with van der Waals surface area (Å²) in [6, 6.07) is 12.3. The molecule has 0 aliphatic rings. The van der Waals surface area contributed by atoms with Crippen LogP contribution in [0.1, 0.15) is 43.4 Å². The molecule has 0 bridgehead atoms. The van der Waals surface area contributed by atoms with Gasteiger partial charge in [-0.15, -0.1) is 0 Å². The summed E-state index contributed by atoms with van der Waals surface area (Å²) < 4.78 is 26.2. The van der Waals surface area contributed by atoms with Gasteiger partial charge in [0.2, 0.25) is 21.8 Å². The van der Waals surface area contributed by atoms with E-state index in [1.807, 2.05) is 38.1 Å². The first-order valence-electron chi connectivity index (χ1n) is 11.3. The van der Waals surface area contributed by atoms with Crippen molar-refractivity contribution in [1.29, 1.82) is 0 Å². The van der Waals surface area contributed by atoms with Crippen molar-refractivity contribution in [3.8, 4) is 0 Å². The molecule has 2 aromatic carbocycles. The van der Waals surface area contributed by atoms with Crippen LogP contribution in [0.2, 0.25) is 5.02 Å². The number of amides is 2. The lowest BCUT2D eigenvalue weighted by atomic mass is 10.1. The molecule has 0 aliphatic carbocycles. The number of rotatable bonds is 11. The summed E-state index contributed by atoms with van der Waals surface area (Å²) in [6.45, 7) is 8.17. The van der Waals surface area contributed by atoms with Gasteiger partial charge in [-0.3, -0.25) is 13.9 Å². The van der Waals surface area contributed by atoms with Crippen molar-refractivity contribution < 1.29 is 18.0 Å². The summed E-state index contributed by atoms with van der Waals surface area (Å²) in [5.74, 6) is -0.439. The normalized spacial score (nSPS) is 12.2. The Bertz CT molecular complexity index is 1100. The monoisotopic (exact) mass is 507 g/mol. The maximum atomic E-state index is 13.2. The molecule has 1 atom stereocenters. The first-order valence-corrected chi connectivity index (χ1v) is 13.5. The number of hydrogen-bond donors (Lipinski definition) is 1. The fourth-order valence-corrected chi connectivity index (χ4v) is 4.83. The highest BCUT2D eigenvalue weighted by molar-refractivity contribution is 7.92. The summed E-state index contributed by atoms with van der Waals surface area (Å²) in [6.07, 6.45) is 1.53. The van der Waals surface area contributed by atoms with E-state index in [2.05, 4.69) is 5.32 Å². The Hall–Kier alpha value is -2.58. The number of anilines is 1. The van der Waals surface area contributed by atoms with Gasteiger partial charge in [0.1, 0.15) is 6.04 Å². The SMILES string of the molecule is CCNC(=O)[C@H](C)N(Cc1ccc(C)cc1)C(=O)CCCN(c1cccc(Cl)c1C)S(C)(=O)=O. The predicted octanol–water partition coefficient (Wildman–Crippen LogP) is 4.06. The molecule has 1 N–H and O–H groups in total. The Morgan fingerprint density at radius 1 is 1.09 bits per heavy atom. The quantitative estimate of drug-likeness (QED) is 0.497. The first kappa shape index (κ1) is 27.7. The summed E-state index contributed by atoms with van der Waals surface area (Å²) in [4.78, 5) is 27.3. The number of nitrogens with one attached hydrogen (secondary N) is 1. The van der Waals surface area contributed by atoms with Crippen LogP contribution >= 0.6 is 11.6 Å². The minimum Gasteiger partial charge on any atom is -0.355 e. The molecule has 0 heterocycles. The van der Waals surface area contributed by atoms with Crippen molar-refractivity contribution in [2.75, 3.05) is 23.7 Å². The number of nitrogens with zero attached hydrogens (tertiary/aromatic N) is 2. The lowest BCUT2D eigenvalue weighted by Gasteiger charge is -2.29. The number of aryl methyl sites for hydroxylation is 1. The van der Waals surface area contributed by atoms with Gasteiger partial charge in [0.05, 0.1) is 11.9 Å². The van der Waals surface area contributed by atoms with Crippen LogP contribution < -0.4 is 9.62 Å². The van der Waals surface area contributed by atoms with E-state index in [-0.39, 0.29) is 24.8 Å². The molecule has 0 unspecified atom stereocenters. The van der Waals surface area contributed by atoms with E-state index in [0.717, 1.165) is 17.4 Å². The van der Waals surface area contributed by atoms with Gasteiger partial charge < -0.3 is 10.2 Å². The average Bonchev–Trinajstić information content (AvgIpc) is 2.77. The van der Waals surface area contributed by atoms with Gasteiger partial charge in [0.25, 0.3) is 0 Å². The minimum atomic E-state index is -3.58. The summed E-state index contributed by atoms with van der Waals surface area (Å²) in [7, 11) is -3.58. The summed E-state index contributed by atoms with van der Waals surface area (Å²) in [5, 5.41) is 3.24. The van der Waals surface area contributed by atoms with Crippen LogP contribution in [0.3, 0.4) is 0 Å². The molecule has 2 rings (SSSR count). The molecule has 0 aromatic heterocycles. The van der Waals surface area contributed by atoms with E-state index in [0.29, 0.717) is 35.8 Å². The Morgan fingerprint density at radius 2 is 1.74 bits per heavy atom. The van der Waals surface area contributed by atoms with E-state index < -0.39 is 16.1 Å². The van der Waals surface area contributed by atoms with Gasteiger partial charge in [0, 0.05) is 31.1 Å². The van der Waals surface area contributed by atoms with E-state index >= 15 is 0 Å². The Kier molecular flexibility index (Phi) is 9.94. The first-order chi connectivity index (χ1) is 16.0. The van der Waals surface area contributed by atoms with Crippen molar-refractivity contribution >= 4 is 39.1 Å². The zero-order valence-electron chi connectivity index (χ0n) is 20.5. The molecule has 0 radical (unpaired) electrons. The Labute approximate surface area is 208 Å². The minimum absolute atomic E-state index is 0.0985. The Morgan fingerprint density at radius 3 is 2.32 bits per heavy atom. The molecular formula is C25H34ClN3O4S. The molecule has 0 fully saturated rings. The van der Waals surface area contributed by atoms with Crippen LogP contribution in [0.25, 0.3) is 0 Å². The van der Waals surface area contributed by atoms with Crippen LogP contribution in [0, 0.1) is 13.8 Å². The molecule has 2 aromatic rings. The van der Waals surface area contributed by atoms with E-state index in [4.69, 9.17) is 11.6 Å². The number of hydrogen-bond acceptors (Lipinski definition) is 4. The fraction of sp³-hybridized carbons (Fsp3) is 0.440. The second-order valence-corrected chi connectivity index (χ2v) is 10.7. The molecule has 0 spiro atoms. The molecule has 0 saturated carbocycles. The number of carbonyl (C=O) groups is 2. The maximum Gasteiger partial charge on any atom is 0.242 e. The largest absolute Gasteiger partial charge is 0.355 e. The van der Waals surface area contributed by atoms with Crippen molar-refractivity contribution in [3.63, 3.8) is 0 Å². The van der Waals surface area contributed by atoms with E-state index in [9.17, 15) is 18.0 Å². The van der Waals surface area contributed by atoms with E-state index in [1.54, 1.807) is 36.9 Å². The summed E-state index contributed by atoms with van der Waals surface area (Å²) >= 11 is 6.19. The van der Waals surface area contributed by atoms with Crippen LogP contribution in [-0.2, 0) is 26.2 Å². The molecular weight excluding hydrogens is 474 g/mol. The Balaban J connectivity index is 2.18. The fourth-order valence-electron chi connectivity index (χ4n) is 3.64. The van der Waals surface area contributed by atoms with Crippen molar-refractivity contribution in [2.45, 2.75) is 53.1 Å². The van der Waals surface area contributed by atoms with Gasteiger partial charge in [-0.05, 0) is 57.4 Å². The molecule has 9 heteroatoms. The van der Waals surface area contributed by atoms with Crippen LogP contribution in [0.15, 0.2) is 42.5 Å². The number of carbonyl (C=O) groups excluding carboxylic acids is 2. The highest BCUT2D eigenvalue weighted by atomic mass is 35.5. The van der Waals surface area contributed by atoms with Crippen LogP contribution in [0.5, 0.6) is 0 Å². The van der Waals surface area contributed by atoms with Crippen molar-refractivity contribution in [2.24, 2.45) is 0 Å². The van der Waals surface area contributed by atoms with Crippen molar-refractivity contribution in [1.82, 2.24) is 10.2 Å². The van der Waals surface area contributed by atoms with Gasteiger partial charge in [-0.2, -0.15) is 0 Å². The van der Waals surface area contributed by atoms with Crippen LogP contribution in [0.4, 0.5) is 5.69 Å². The molecule has 7 nitrogen and oxygen atoms in total. The number of likely N-dealkylation sites (N-methyl/N-ethyl adjacent to an activating group) is 1. The lowest BCUT2D eigenvalue weighted by molar-refractivity contribution is -0.140. The molecule has 186 valence electrons. The molecule has 0 saturated heterocycles. The molecule has 0 aliphatic heterocycles. The highest BCUT2D eigenvalue weighted by Gasteiger charge is 2.26. The van der Waals surface area contributed by atoms with Gasteiger partial charge in [-0.25, -0.2) is 8.42 Å². The summed E-state index contributed by atoms with van der Waals surface area (Å²) in [5.41, 5.74) is 3.18. The zero-order chi connectivity index (χ0) is 25.5. The zero-order valence-corrected chi connectivity index (χ0v) is 22.0. The maximum absolute atomic E-state index is 13.2. The topological polar surface area (TPSA) is 86.8 Å². The third-order valence-electron chi connectivity index (χ3n) is 5.65. The highest BCUT2D eigenvalue weighted by Crippen LogP contribution is 2.28. The predicted molar refractivity (Wildman–Crippen MR) is 137 cm³/mol. The molecule has 34 heavy (non-hydrogen) atoms. The lowest BCUT2D eigenvalue weighted by Crippen LogP contribution is -2.47. The standard InChI is InChI=1S/C25H34ClN3O4S/c1-6-27-25(31)20(4)28(17-21-14-12-18(2)13-15-21)24(30)11-8-16-29(34(5,32)33)23-10-7-9-22(26)19(23)3/h7,9-10,12-15,20H,6,8,11,16-17H2,1-5H3,(H,27,31)/t20-/m0/s1. The average molecular weight is 508 g/mol. The second-order valence-electron chi connectivity index (χ2n) is 8.40. The second kappa shape index (κ2) is 12.2.